The molecule has 0 atom stereocenters. The summed E-state index contributed by atoms with van der Waals surface area (Å²) in [4.78, 5) is 45.3. The van der Waals surface area contributed by atoms with Gasteiger partial charge in [-0.1, -0.05) is 12.2 Å². The van der Waals surface area contributed by atoms with Crippen molar-refractivity contribution in [3.8, 4) is 5.75 Å². The first-order chi connectivity index (χ1) is 20.2. The van der Waals surface area contributed by atoms with E-state index in [9.17, 15) is 14.4 Å². The van der Waals surface area contributed by atoms with Crippen LogP contribution >= 0.6 is 0 Å². The molecule has 0 saturated heterocycles. The first-order valence-electron chi connectivity index (χ1n) is 13.4. The van der Waals surface area contributed by atoms with Crippen molar-refractivity contribution in [3.63, 3.8) is 0 Å². The summed E-state index contributed by atoms with van der Waals surface area (Å²) in [5.41, 5.74) is 16.1. The Morgan fingerprint density at radius 3 is 2.48 bits per heavy atom. The molecule has 5 rings (SSSR count). The lowest BCUT2D eigenvalue weighted by Crippen LogP contribution is -2.19. The first-order valence-corrected chi connectivity index (χ1v) is 13.4. The number of allylic oxidation sites excluding steroid dienone is 2. The molecular formula is C29H31N9O4. The first kappa shape index (κ1) is 28.1. The zero-order chi connectivity index (χ0) is 30.0. The smallest absolute Gasteiger partial charge is 0.276 e. The Bertz CT molecular complexity index is 1860. The molecule has 5 N–H and O–H groups in total. The number of aldehydes is 1. The fourth-order valence-corrected chi connectivity index (χ4v) is 4.84. The minimum Gasteiger partial charge on any atom is -0.492 e. The third kappa shape index (κ3) is 5.31. The van der Waals surface area contributed by atoms with Crippen molar-refractivity contribution in [3.05, 3.63) is 71.1 Å². The number of anilines is 2. The molecule has 3 aromatic heterocycles. The SMILES string of the molecule is CCOc1cc(C(N)=O)cc2nc(N)n(C/C=C/Cn3c(NC(=O)c4cc(C)nn4CC)nc4cc(C=O)ccc43)c12. The number of benzene rings is 2. The highest BCUT2D eigenvalue weighted by Crippen LogP contribution is 2.30. The minimum absolute atomic E-state index is 0.252. The van der Waals surface area contributed by atoms with Crippen LogP contribution < -0.4 is 21.5 Å². The second kappa shape index (κ2) is 11.6. The second-order valence-corrected chi connectivity index (χ2v) is 9.54. The molecular weight excluding hydrogens is 538 g/mol. The topological polar surface area (TPSA) is 178 Å². The molecule has 5 aromatic rings. The zero-order valence-corrected chi connectivity index (χ0v) is 23.5. The molecule has 0 aliphatic rings. The molecule has 0 unspecified atom stereocenters. The van der Waals surface area contributed by atoms with Crippen LogP contribution in [0.25, 0.3) is 22.1 Å². The number of carbonyl (C=O) groups excluding carboxylic acids is 3. The monoisotopic (exact) mass is 569 g/mol. The van der Waals surface area contributed by atoms with Gasteiger partial charge < -0.3 is 25.3 Å². The van der Waals surface area contributed by atoms with E-state index in [1.807, 2.05) is 37.5 Å². The normalized spacial score (nSPS) is 11.5. The maximum atomic E-state index is 13.2. The average molecular weight is 570 g/mol. The van der Waals surface area contributed by atoms with E-state index < -0.39 is 5.91 Å². The fourth-order valence-electron chi connectivity index (χ4n) is 4.84. The van der Waals surface area contributed by atoms with Gasteiger partial charge in [0.05, 0.1) is 28.9 Å². The standard InChI is InChI=1S/C29H31N9O4/c1-4-38-23(12-17(3)35-38)27(41)34-29-33-20-13-18(16-39)8-9-22(20)36(29)10-6-7-11-37-25-21(32-28(37)31)14-19(26(30)40)15-24(25)42-5-2/h6-9,12-16H,4-5,10-11H2,1-3H3,(H2,30,40)(H2,31,32)(H,33,34,41)/b7-6+. The number of primary amides is 1. The van der Waals surface area contributed by atoms with Gasteiger partial charge in [-0.15, -0.1) is 0 Å². The number of nitrogens with zero attached hydrogens (tertiary/aromatic N) is 6. The Balaban J connectivity index is 1.45. The van der Waals surface area contributed by atoms with Crippen LogP contribution in [-0.2, 0) is 19.6 Å². The predicted octanol–water partition coefficient (Wildman–Crippen LogP) is 3.31. The number of nitrogens with one attached hydrogen (secondary N) is 1. The van der Waals surface area contributed by atoms with Gasteiger partial charge >= 0.3 is 0 Å². The van der Waals surface area contributed by atoms with Crippen molar-refractivity contribution in [1.82, 2.24) is 28.9 Å². The Labute approximate surface area is 240 Å². The highest BCUT2D eigenvalue weighted by atomic mass is 16.5. The zero-order valence-electron chi connectivity index (χ0n) is 23.5. The highest BCUT2D eigenvalue weighted by Gasteiger charge is 2.19. The number of ether oxygens (including phenoxy) is 1. The second-order valence-electron chi connectivity index (χ2n) is 9.54. The van der Waals surface area contributed by atoms with Gasteiger partial charge in [0.25, 0.3) is 5.91 Å². The molecule has 2 aromatic carbocycles. The van der Waals surface area contributed by atoms with E-state index in [4.69, 9.17) is 16.2 Å². The number of fused-ring (bicyclic) bond motifs is 2. The van der Waals surface area contributed by atoms with Crippen LogP contribution in [-0.4, -0.2) is 53.6 Å². The Hall–Kier alpha value is -5.46. The van der Waals surface area contributed by atoms with Gasteiger partial charge in [-0.2, -0.15) is 5.10 Å². The molecule has 0 aliphatic heterocycles. The molecule has 0 radical (unpaired) electrons. The van der Waals surface area contributed by atoms with Crippen LogP contribution in [0.5, 0.6) is 5.75 Å². The van der Waals surface area contributed by atoms with Gasteiger partial charge in [0.2, 0.25) is 17.8 Å². The molecule has 0 fully saturated rings. The van der Waals surface area contributed by atoms with Crippen LogP contribution in [0.4, 0.5) is 11.9 Å². The lowest BCUT2D eigenvalue weighted by atomic mass is 10.1. The largest absolute Gasteiger partial charge is 0.492 e. The molecule has 0 saturated carbocycles. The number of carbonyl (C=O) groups is 3. The average Bonchev–Trinajstić information content (AvgIpc) is 3.62. The Morgan fingerprint density at radius 2 is 1.79 bits per heavy atom. The third-order valence-electron chi connectivity index (χ3n) is 6.73. The summed E-state index contributed by atoms with van der Waals surface area (Å²) in [7, 11) is 0. The van der Waals surface area contributed by atoms with Crippen molar-refractivity contribution in [2.75, 3.05) is 17.7 Å². The van der Waals surface area contributed by atoms with Gasteiger partial charge in [-0.3, -0.25) is 24.4 Å². The quantitative estimate of drug-likeness (QED) is 0.160. The molecule has 2 amide bonds. The molecule has 13 heteroatoms. The van der Waals surface area contributed by atoms with Crippen LogP contribution in [0.3, 0.4) is 0 Å². The third-order valence-corrected chi connectivity index (χ3v) is 6.73. The fraction of sp³-hybridized carbons (Fsp3) is 0.241. The summed E-state index contributed by atoms with van der Waals surface area (Å²) in [6.45, 7) is 7.22. The van der Waals surface area contributed by atoms with Crippen LogP contribution in [0.15, 0.2) is 48.6 Å². The number of rotatable bonds is 11. The summed E-state index contributed by atoms with van der Waals surface area (Å²) in [5.74, 6) is 0.109. The number of aryl methyl sites for hydroxylation is 2. The summed E-state index contributed by atoms with van der Waals surface area (Å²) in [6.07, 6.45) is 4.57. The molecule has 216 valence electrons. The number of nitrogen functional groups attached to an aromatic ring is 1. The van der Waals surface area contributed by atoms with Gasteiger partial charge in [0, 0.05) is 30.8 Å². The van der Waals surface area contributed by atoms with Gasteiger partial charge in [0.15, 0.2) is 0 Å². The minimum atomic E-state index is -0.587. The molecule has 0 bridgehead atoms. The molecule has 3 heterocycles. The van der Waals surface area contributed by atoms with E-state index in [0.29, 0.717) is 65.7 Å². The maximum absolute atomic E-state index is 13.2. The maximum Gasteiger partial charge on any atom is 0.276 e. The van der Waals surface area contributed by atoms with E-state index in [-0.39, 0.29) is 17.4 Å². The van der Waals surface area contributed by atoms with E-state index in [2.05, 4.69) is 20.4 Å². The van der Waals surface area contributed by atoms with Crippen LogP contribution in [0.1, 0.15) is 50.7 Å². The molecule has 13 nitrogen and oxygen atoms in total. The molecule has 42 heavy (non-hydrogen) atoms. The summed E-state index contributed by atoms with van der Waals surface area (Å²) in [6, 6.07) is 10.1. The van der Waals surface area contributed by atoms with E-state index in [1.165, 1.54) is 0 Å². The number of hydrogen-bond acceptors (Lipinski definition) is 8. The van der Waals surface area contributed by atoms with Gasteiger partial charge in [0.1, 0.15) is 23.2 Å². The summed E-state index contributed by atoms with van der Waals surface area (Å²) in [5, 5.41) is 7.26. The van der Waals surface area contributed by atoms with Crippen molar-refractivity contribution in [2.24, 2.45) is 5.73 Å². The van der Waals surface area contributed by atoms with E-state index >= 15 is 0 Å². The molecule has 0 spiro atoms. The van der Waals surface area contributed by atoms with Crippen molar-refractivity contribution in [2.45, 2.75) is 40.4 Å². The van der Waals surface area contributed by atoms with Crippen molar-refractivity contribution >= 4 is 52.1 Å². The highest BCUT2D eigenvalue weighted by molar-refractivity contribution is 6.03. The Kier molecular flexibility index (Phi) is 7.74. The number of imidazole rings is 2. The number of nitrogens with two attached hydrogens (primary N) is 2. The van der Waals surface area contributed by atoms with Crippen LogP contribution in [0.2, 0.25) is 0 Å². The summed E-state index contributed by atoms with van der Waals surface area (Å²) < 4.78 is 11.0. The lowest BCUT2D eigenvalue weighted by molar-refractivity contribution is 0.0995. The van der Waals surface area contributed by atoms with Gasteiger partial charge in [-0.05, 0) is 57.2 Å². The van der Waals surface area contributed by atoms with E-state index in [0.717, 1.165) is 17.5 Å². The van der Waals surface area contributed by atoms with Gasteiger partial charge in [-0.25, -0.2) is 9.97 Å². The number of amides is 2. The number of hydrogen-bond donors (Lipinski definition) is 3. The lowest BCUT2D eigenvalue weighted by Gasteiger charge is -2.10. The predicted molar refractivity (Wildman–Crippen MR) is 159 cm³/mol. The number of aromatic nitrogens is 6. The Morgan fingerprint density at radius 1 is 1.02 bits per heavy atom. The van der Waals surface area contributed by atoms with Crippen molar-refractivity contribution in [1.29, 1.82) is 0 Å². The molecule has 0 aliphatic carbocycles. The van der Waals surface area contributed by atoms with Crippen molar-refractivity contribution < 1.29 is 19.1 Å². The van der Waals surface area contributed by atoms with Crippen LogP contribution in [0, 0.1) is 6.92 Å². The van der Waals surface area contributed by atoms with E-state index in [1.54, 1.807) is 45.6 Å². The summed E-state index contributed by atoms with van der Waals surface area (Å²) >= 11 is 0.